The van der Waals surface area contributed by atoms with Gasteiger partial charge in [0.2, 0.25) is 5.91 Å². The summed E-state index contributed by atoms with van der Waals surface area (Å²) in [6.45, 7) is 2.46. The van der Waals surface area contributed by atoms with E-state index in [0.717, 1.165) is 24.2 Å². The molecular weight excluding hydrogens is 338 g/mol. The molecule has 4 rings (SSSR count). The van der Waals surface area contributed by atoms with Crippen LogP contribution in [0.25, 0.3) is 0 Å². The molecule has 1 saturated carbocycles. The summed E-state index contributed by atoms with van der Waals surface area (Å²) in [5, 5.41) is 5.49. The quantitative estimate of drug-likeness (QED) is 0.779. The lowest BCUT2D eigenvalue weighted by atomic mass is 9.91. The van der Waals surface area contributed by atoms with E-state index in [2.05, 4.69) is 10.6 Å². The SMILES string of the molecule is C[C@@]1(c2ccc3c(c2)OCCCO3)NC(=O)N(CC(=O)NC2CC2)C1=O. The zero-order chi connectivity index (χ0) is 18.3. The molecule has 8 heteroatoms. The van der Waals surface area contributed by atoms with Crippen molar-refractivity contribution in [3.8, 4) is 11.5 Å². The third kappa shape index (κ3) is 2.95. The summed E-state index contributed by atoms with van der Waals surface area (Å²) in [5.41, 5.74) is -0.660. The van der Waals surface area contributed by atoms with Crippen molar-refractivity contribution in [2.45, 2.75) is 37.8 Å². The molecule has 3 aliphatic rings. The summed E-state index contributed by atoms with van der Waals surface area (Å²) in [5.74, 6) is 0.391. The molecule has 2 N–H and O–H groups in total. The maximum Gasteiger partial charge on any atom is 0.325 e. The minimum atomic E-state index is -1.25. The predicted octanol–water partition coefficient (Wildman–Crippen LogP) is 0.893. The van der Waals surface area contributed by atoms with Crippen molar-refractivity contribution in [3.63, 3.8) is 0 Å². The summed E-state index contributed by atoms with van der Waals surface area (Å²) < 4.78 is 11.3. The van der Waals surface area contributed by atoms with Crippen molar-refractivity contribution in [2.24, 2.45) is 0 Å². The number of fused-ring (bicyclic) bond motifs is 1. The first-order valence-corrected chi connectivity index (χ1v) is 8.81. The van der Waals surface area contributed by atoms with Gasteiger partial charge in [0, 0.05) is 12.5 Å². The first-order valence-electron chi connectivity index (χ1n) is 8.81. The van der Waals surface area contributed by atoms with Gasteiger partial charge in [-0.3, -0.25) is 14.5 Å². The fourth-order valence-electron chi connectivity index (χ4n) is 3.16. The zero-order valence-corrected chi connectivity index (χ0v) is 14.5. The van der Waals surface area contributed by atoms with Crippen LogP contribution in [0.2, 0.25) is 0 Å². The molecule has 1 saturated heterocycles. The van der Waals surface area contributed by atoms with Crippen LogP contribution in [-0.2, 0) is 15.1 Å². The van der Waals surface area contributed by atoms with Gasteiger partial charge < -0.3 is 20.1 Å². The first kappa shape index (κ1) is 16.7. The highest BCUT2D eigenvalue weighted by atomic mass is 16.5. The number of nitrogens with zero attached hydrogens (tertiary/aromatic N) is 1. The molecule has 0 unspecified atom stereocenters. The van der Waals surface area contributed by atoms with Gasteiger partial charge in [-0.15, -0.1) is 0 Å². The molecule has 2 fully saturated rings. The van der Waals surface area contributed by atoms with E-state index < -0.39 is 17.5 Å². The van der Waals surface area contributed by atoms with Crippen LogP contribution >= 0.6 is 0 Å². The zero-order valence-electron chi connectivity index (χ0n) is 14.5. The molecule has 8 nitrogen and oxygen atoms in total. The van der Waals surface area contributed by atoms with Crippen LogP contribution in [0.15, 0.2) is 18.2 Å². The molecule has 1 aliphatic carbocycles. The molecule has 138 valence electrons. The number of carbonyl (C=O) groups excluding carboxylic acids is 3. The van der Waals surface area contributed by atoms with Crippen molar-refractivity contribution in [3.05, 3.63) is 23.8 Å². The number of nitrogens with one attached hydrogen (secondary N) is 2. The van der Waals surface area contributed by atoms with Gasteiger partial charge in [0.15, 0.2) is 11.5 Å². The molecular formula is C18H21N3O5. The lowest BCUT2D eigenvalue weighted by Gasteiger charge is -2.23. The molecule has 26 heavy (non-hydrogen) atoms. The lowest BCUT2D eigenvalue weighted by Crippen LogP contribution is -2.43. The number of hydrogen-bond acceptors (Lipinski definition) is 5. The maximum atomic E-state index is 12.9. The van der Waals surface area contributed by atoms with Crippen molar-refractivity contribution in [1.82, 2.24) is 15.5 Å². The highest BCUT2D eigenvalue weighted by Gasteiger charge is 2.50. The van der Waals surface area contributed by atoms with Gasteiger partial charge in [-0.05, 0) is 37.5 Å². The van der Waals surface area contributed by atoms with Gasteiger partial charge in [0.05, 0.1) is 13.2 Å². The van der Waals surface area contributed by atoms with E-state index in [0.29, 0.717) is 30.3 Å². The van der Waals surface area contributed by atoms with Gasteiger partial charge >= 0.3 is 6.03 Å². The Labute approximate surface area is 150 Å². The predicted molar refractivity (Wildman–Crippen MR) is 90.8 cm³/mol. The van der Waals surface area contributed by atoms with E-state index in [1.165, 1.54) is 0 Å². The molecule has 0 bridgehead atoms. The van der Waals surface area contributed by atoms with Crippen molar-refractivity contribution < 1.29 is 23.9 Å². The minimum Gasteiger partial charge on any atom is -0.490 e. The largest absolute Gasteiger partial charge is 0.490 e. The van der Waals surface area contributed by atoms with Gasteiger partial charge in [-0.1, -0.05) is 6.07 Å². The van der Waals surface area contributed by atoms with Crippen LogP contribution in [0.3, 0.4) is 0 Å². The molecule has 4 amide bonds. The normalized spacial score (nSPS) is 24.9. The monoisotopic (exact) mass is 359 g/mol. The lowest BCUT2D eigenvalue weighted by molar-refractivity contribution is -0.134. The number of rotatable bonds is 4. The number of benzene rings is 1. The Balaban J connectivity index is 1.55. The highest BCUT2D eigenvalue weighted by molar-refractivity contribution is 6.09. The second-order valence-corrected chi connectivity index (χ2v) is 7.00. The Morgan fingerprint density at radius 1 is 1.27 bits per heavy atom. The number of hydrogen-bond donors (Lipinski definition) is 2. The van der Waals surface area contributed by atoms with E-state index in [-0.39, 0.29) is 18.5 Å². The Hall–Kier alpha value is -2.77. The number of amides is 4. The van der Waals surface area contributed by atoms with Crippen molar-refractivity contribution in [1.29, 1.82) is 0 Å². The van der Waals surface area contributed by atoms with Crippen LogP contribution in [0.1, 0.15) is 31.7 Å². The van der Waals surface area contributed by atoms with Gasteiger partial charge in [-0.25, -0.2) is 4.79 Å². The summed E-state index contributed by atoms with van der Waals surface area (Å²) in [4.78, 5) is 38.2. The fraction of sp³-hybridized carbons (Fsp3) is 0.500. The van der Waals surface area contributed by atoms with Crippen LogP contribution in [-0.4, -0.2) is 48.5 Å². The molecule has 2 aliphatic heterocycles. The van der Waals surface area contributed by atoms with E-state index in [1.54, 1.807) is 25.1 Å². The number of carbonyl (C=O) groups is 3. The smallest absolute Gasteiger partial charge is 0.325 e. The second-order valence-electron chi connectivity index (χ2n) is 7.00. The molecule has 0 radical (unpaired) electrons. The standard InChI is InChI=1S/C18H21N3O5/c1-18(11-3-6-13-14(9-11)26-8-2-7-25-13)16(23)21(17(24)20-18)10-15(22)19-12-4-5-12/h3,6,9,12H,2,4-5,7-8,10H2,1H3,(H,19,22)(H,20,24)/t18-/m0/s1. The maximum absolute atomic E-state index is 12.9. The summed E-state index contributed by atoms with van der Waals surface area (Å²) in [6, 6.07) is 4.79. The molecule has 0 spiro atoms. The van der Waals surface area contributed by atoms with E-state index in [4.69, 9.17) is 9.47 Å². The summed E-state index contributed by atoms with van der Waals surface area (Å²) >= 11 is 0. The highest BCUT2D eigenvalue weighted by Crippen LogP contribution is 2.36. The number of imide groups is 1. The fourth-order valence-corrected chi connectivity index (χ4v) is 3.16. The summed E-state index contributed by atoms with van der Waals surface area (Å²) in [7, 11) is 0. The van der Waals surface area contributed by atoms with Crippen molar-refractivity contribution in [2.75, 3.05) is 19.8 Å². The Kier molecular flexibility index (Phi) is 3.97. The van der Waals surface area contributed by atoms with E-state index in [9.17, 15) is 14.4 Å². The van der Waals surface area contributed by atoms with Crippen LogP contribution in [0.5, 0.6) is 11.5 Å². The Morgan fingerprint density at radius 2 is 2.00 bits per heavy atom. The number of ether oxygens (including phenoxy) is 2. The van der Waals surface area contributed by atoms with Crippen molar-refractivity contribution >= 4 is 17.8 Å². The van der Waals surface area contributed by atoms with E-state index >= 15 is 0 Å². The van der Waals surface area contributed by atoms with Crippen LogP contribution in [0, 0.1) is 0 Å². The third-order valence-corrected chi connectivity index (χ3v) is 4.84. The van der Waals surface area contributed by atoms with Crippen LogP contribution in [0.4, 0.5) is 4.79 Å². The summed E-state index contributed by atoms with van der Waals surface area (Å²) in [6.07, 6.45) is 2.67. The molecule has 1 aromatic rings. The van der Waals surface area contributed by atoms with Crippen LogP contribution < -0.4 is 20.1 Å². The van der Waals surface area contributed by atoms with Gasteiger partial charge in [0.1, 0.15) is 12.1 Å². The third-order valence-electron chi connectivity index (χ3n) is 4.84. The molecule has 1 aromatic carbocycles. The Bertz CT molecular complexity index is 776. The molecule has 0 aromatic heterocycles. The second kappa shape index (κ2) is 6.19. The molecule has 2 heterocycles. The van der Waals surface area contributed by atoms with Gasteiger partial charge in [0.25, 0.3) is 5.91 Å². The average Bonchev–Trinajstić information content (AvgIpc) is 3.41. The topological polar surface area (TPSA) is 97.0 Å². The van der Waals surface area contributed by atoms with E-state index in [1.807, 2.05) is 0 Å². The first-order chi connectivity index (χ1) is 12.5. The number of urea groups is 1. The van der Waals surface area contributed by atoms with Gasteiger partial charge in [-0.2, -0.15) is 0 Å². The average molecular weight is 359 g/mol. The minimum absolute atomic E-state index is 0.177. The molecule has 1 atom stereocenters. The Morgan fingerprint density at radius 3 is 2.73 bits per heavy atom.